The van der Waals surface area contributed by atoms with E-state index in [1.54, 1.807) is 6.54 Å². The minimum absolute atomic E-state index is 0. The van der Waals surface area contributed by atoms with Crippen LogP contribution in [-0.4, -0.2) is 0 Å². The first kappa shape index (κ1) is 25.3. The van der Waals surface area contributed by atoms with Crippen molar-refractivity contribution in [1.29, 1.82) is 0 Å². The third kappa shape index (κ3) is 3.47. The molecular formula is C31H29Br2Zr. The van der Waals surface area contributed by atoms with Gasteiger partial charge in [0.2, 0.25) is 0 Å². The summed E-state index contributed by atoms with van der Waals surface area (Å²) in [6.07, 6.45) is 9.80. The predicted molar refractivity (Wildman–Crippen MR) is 155 cm³/mol. The van der Waals surface area contributed by atoms with E-state index in [1.807, 2.05) is 0 Å². The monoisotopic (exact) mass is 649 g/mol. The standard InChI is InChI=1S/2C9H7.2C6H5.CH3.2BrH.Zr/c2*1-2-5-9-7-3-6-8(9)4-1;2*1-2-4-6-5-3-1;;;;/h2*1-7H;2*1-5H;1H3;2*1H;. The number of hydrogen-bond acceptors (Lipinski definition) is 0. The van der Waals surface area contributed by atoms with Crippen LogP contribution >= 0.6 is 34.0 Å². The van der Waals surface area contributed by atoms with E-state index in [0.717, 1.165) is 0 Å². The van der Waals surface area contributed by atoms with Crippen LogP contribution in [0.3, 0.4) is 0 Å². The molecule has 2 unspecified atom stereocenters. The van der Waals surface area contributed by atoms with Gasteiger partial charge in [0.1, 0.15) is 0 Å². The Hall–Kier alpha value is -1.80. The van der Waals surface area contributed by atoms with Crippen LogP contribution in [0.5, 0.6) is 0 Å². The van der Waals surface area contributed by atoms with Crippen LogP contribution in [0.25, 0.3) is 12.2 Å². The van der Waals surface area contributed by atoms with Crippen LogP contribution in [-0.2, 0) is 18.8 Å². The molecule has 0 bridgehead atoms. The molecule has 0 nitrogen and oxygen atoms in total. The Morgan fingerprint density at radius 2 is 0.824 bits per heavy atom. The van der Waals surface area contributed by atoms with Crippen LogP contribution < -0.4 is 6.54 Å². The van der Waals surface area contributed by atoms with Crippen molar-refractivity contribution in [2.24, 2.45) is 0 Å². The van der Waals surface area contributed by atoms with Gasteiger partial charge in [-0.15, -0.1) is 34.0 Å². The SMILES string of the molecule is Br.Br.[CH3][Zr]([c]1ccccc1)([c]1ccccc1)([CH]1C=Cc2ccccc21)[CH]1C=Cc2ccccc21. The average molecular weight is 653 g/mol. The second kappa shape index (κ2) is 9.69. The number of benzene rings is 4. The first-order chi connectivity index (χ1) is 15.7. The number of fused-ring (bicyclic) bond motifs is 2. The molecule has 6 rings (SSSR count). The van der Waals surface area contributed by atoms with Crippen LogP contribution in [0, 0.1) is 0 Å². The maximum atomic E-state index is 2.71. The number of hydrogen-bond donors (Lipinski definition) is 0. The Bertz CT molecular complexity index is 1250. The first-order valence-corrected chi connectivity index (χ1v) is 19.3. The van der Waals surface area contributed by atoms with Gasteiger partial charge >= 0.3 is 193 Å². The molecule has 0 amide bonds. The molecule has 0 saturated heterocycles. The average Bonchev–Trinajstić information content (AvgIpc) is 3.50. The molecule has 2 aliphatic carbocycles. The normalized spacial score (nSPS) is 18.7. The van der Waals surface area contributed by atoms with E-state index >= 15 is 0 Å². The number of rotatable bonds is 4. The summed E-state index contributed by atoms with van der Waals surface area (Å²) < 4.78 is 6.62. The van der Waals surface area contributed by atoms with Crippen LogP contribution in [0.15, 0.2) is 121 Å². The van der Waals surface area contributed by atoms with Crippen LogP contribution in [0.2, 0.25) is 4.63 Å². The number of allylic oxidation sites excluding steroid dienone is 2. The molecule has 34 heavy (non-hydrogen) atoms. The van der Waals surface area contributed by atoms with Crippen LogP contribution in [0.1, 0.15) is 29.5 Å². The Morgan fingerprint density at radius 3 is 1.24 bits per heavy atom. The van der Waals surface area contributed by atoms with Crippen molar-refractivity contribution in [2.75, 3.05) is 0 Å². The molecule has 0 aromatic heterocycles. The summed E-state index contributed by atoms with van der Waals surface area (Å²) in [4.78, 5) is 0. The van der Waals surface area contributed by atoms with Crippen molar-refractivity contribution in [1.82, 2.24) is 0 Å². The van der Waals surface area contributed by atoms with Crippen molar-refractivity contribution in [3.63, 3.8) is 0 Å². The summed E-state index contributed by atoms with van der Waals surface area (Å²) >= 11 is -4.17. The molecule has 0 radical (unpaired) electrons. The molecule has 0 heterocycles. The summed E-state index contributed by atoms with van der Waals surface area (Å²) in [6.45, 7) is 0. The fraction of sp³-hybridized carbons (Fsp3) is 0.0968. The summed E-state index contributed by atoms with van der Waals surface area (Å²) in [5, 5.41) is 0. The van der Waals surface area contributed by atoms with Gasteiger partial charge in [0.25, 0.3) is 0 Å². The minimum atomic E-state index is -4.17. The molecule has 4 aromatic carbocycles. The van der Waals surface area contributed by atoms with E-state index < -0.39 is 18.8 Å². The Kier molecular flexibility index (Phi) is 7.21. The van der Waals surface area contributed by atoms with Gasteiger partial charge in [-0.05, 0) is 0 Å². The molecule has 0 saturated carbocycles. The summed E-state index contributed by atoms with van der Waals surface area (Å²) in [5.74, 6) is 0. The molecule has 0 spiro atoms. The van der Waals surface area contributed by atoms with Crippen molar-refractivity contribution in [2.45, 2.75) is 11.9 Å². The van der Waals surface area contributed by atoms with Gasteiger partial charge in [-0.25, -0.2) is 0 Å². The second-order valence-electron chi connectivity index (χ2n) is 9.61. The molecule has 3 heteroatoms. The van der Waals surface area contributed by atoms with Crippen LogP contribution in [0.4, 0.5) is 0 Å². The molecule has 0 fully saturated rings. The van der Waals surface area contributed by atoms with Gasteiger partial charge in [-0.3, -0.25) is 0 Å². The molecule has 0 aliphatic heterocycles. The quantitative estimate of drug-likeness (QED) is 0.209. The third-order valence-corrected chi connectivity index (χ3v) is 27.8. The molecule has 171 valence electrons. The molecule has 0 N–H and O–H groups in total. The van der Waals surface area contributed by atoms with E-state index in [-0.39, 0.29) is 34.0 Å². The van der Waals surface area contributed by atoms with E-state index in [2.05, 4.69) is 138 Å². The fourth-order valence-corrected chi connectivity index (χ4v) is 25.4. The fourth-order valence-electron chi connectivity index (χ4n) is 6.64. The Morgan fingerprint density at radius 1 is 0.471 bits per heavy atom. The Balaban J connectivity index is 0.00000137. The van der Waals surface area contributed by atoms with Gasteiger partial charge in [-0.1, -0.05) is 0 Å². The molecule has 2 atom stereocenters. The van der Waals surface area contributed by atoms with Crippen molar-refractivity contribution >= 4 is 52.7 Å². The van der Waals surface area contributed by atoms with Gasteiger partial charge in [0.15, 0.2) is 0 Å². The van der Waals surface area contributed by atoms with Crippen molar-refractivity contribution in [3.8, 4) is 0 Å². The summed E-state index contributed by atoms with van der Waals surface area (Å²) in [5.41, 5.74) is 5.74. The predicted octanol–water partition coefficient (Wildman–Crippen LogP) is 8.07. The topological polar surface area (TPSA) is 0 Å². The molecule has 4 aromatic rings. The van der Waals surface area contributed by atoms with Gasteiger partial charge in [0.05, 0.1) is 0 Å². The zero-order chi connectivity index (χ0) is 21.6. The van der Waals surface area contributed by atoms with E-state index in [1.165, 1.54) is 22.3 Å². The van der Waals surface area contributed by atoms with Gasteiger partial charge in [0, 0.05) is 0 Å². The molecule has 2 aliphatic rings. The number of halogens is 2. The first-order valence-electron chi connectivity index (χ1n) is 11.5. The third-order valence-electron chi connectivity index (χ3n) is 8.28. The van der Waals surface area contributed by atoms with Crippen molar-refractivity contribution in [3.05, 3.63) is 144 Å². The van der Waals surface area contributed by atoms with E-state index in [9.17, 15) is 0 Å². The zero-order valence-corrected chi connectivity index (χ0v) is 25.1. The molecular weight excluding hydrogens is 623 g/mol. The van der Waals surface area contributed by atoms with Gasteiger partial charge in [-0.2, -0.15) is 0 Å². The summed E-state index contributed by atoms with van der Waals surface area (Å²) in [6, 6.07) is 41.0. The van der Waals surface area contributed by atoms with Gasteiger partial charge < -0.3 is 0 Å². The maximum absolute atomic E-state index is 4.17. The van der Waals surface area contributed by atoms with E-state index in [4.69, 9.17) is 0 Å². The second-order valence-corrected chi connectivity index (χ2v) is 25.1. The Labute approximate surface area is 225 Å². The zero-order valence-electron chi connectivity index (χ0n) is 19.2. The summed E-state index contributed by atoms with van der Waals surface area (Å²) in [7, 11) is 0. The van der Waals surface area contributed by atoms with E-state index in [0.29, 0.717) is 7.25 Å². The van der Waals surface area contributed by atoms with Crippen molar-refractivity contribution < 1.29 is 18.8 Å².